The fraction of sp³-hybridized carbons (Fsp3) is 0.556. The van der Waals surface area contributed by atoms with Crippen LogP contribution in [0.15, 0.2) is 24.3 Å². The van der Waals surface area contributed by atoms with Crippen LogP contribution in [0.1, 0.15) is 32.8 Å². The average molecular weight is 289 g/mol. The van der Waals surface area contributed by atoms with Gasteiger partial charge in [0.05, 0.1) is 0 Å². The fourth-order valence-corrected chi connectivity index (χ4v) is 2.05. The van der Waals surface area contributed by atoms with Crippen LogP contribution in [0, 0.1) is 17.8 Å². The minimum absolute atomic E-state index is 0.119. The number of ether oxygens (including phenoxy) is 1. The van der Waals surface area contributed by atoms with Gasteiger partial charge in [-0.05, 0) is 30.7 Å². The van der Waals surface area contributed by atoms with Gasteiger partial charge in [-0.2, -0.15) is 0 Å². The van der Waals surface area contributed by atoms with Gasteiger partial charge in [0.25, 0.3) is 0 Å². The number of benzene rings is 1. The van der Waals surface area contributed by atoms with E-state index in [1.54, 1.807) is 0 Å². The highest BCUT2D eigenvalue weighted by atomic mass is 16.5. The fourth-order valence-electron chi connectivity index (χ4n) is 2.05. The van der Waals surface area contributed by atoms with E-state index >= 15 is 0 Å². The molecule has 3 heteroatoms. The Morgan fingerprint density at radius 3 is 2.81 bits per heavy atom. The normalized spacial score (nSPS) is 11.9. The molecular formula is C18H27NO2. The summed E-state index contributed by atoms with van der Waals surface area (Å²) >= 11 is 0. The van der Waals surface area contributed by atoms with Gasteiger partial charge in [-0.15, -0.1) is 0 Å². The summed E-state index contributed by atoms with van der Waals surface area (Å²) in [4.78, 5) is 2.42. The van der Waals surface area contributed by atoms with Crippen LogP contribution in [0.2, 0.25) is 0 Å². The van der Waals surface area contributed by atoms with Gasteiger partial charge in [0.1, 0.15) is 19.0 Å². The number of rotatable bonds is 8. The number of aliphatic hydroxyl groups is 1. The standard InChI is InChI=1S/C18H27NO2/c1-4-16(3)15-19(5-2)11-13-21-18-10-6-8-17(14-18)9-7-12-20/h6,8,10,14,16,20H,4-5,11-13,15H2,1-3H3. The summed E-state index contributed by atoms with van der Waals surface area (Å²) in [5, 5.41) is 8.71. The first-order valence-corrected chi connectivity index (χ1v) is 7.74. The van der Waals surface area contributed by atoms with E-state index in [9.17, 15) is 0 Å². The Morgan fingerprint density at radius 1 is 1.33 bits per heavy atom. The third-order valence-electron chi connectivity index (χ3n) is 3.54. The molecule has 0 aliphatic heterocycles. The first-order chi connectivity index (χ1) is 10.2. The maximum atomic E-state index is 8.71. The summed E-state index contributed by atoms with van der Waals surface area (Å²) in [5.41, 5.74) is 0.869. The minimum Gasteiger partial charge on any atom is -0.492 e. The zero-order chi connectivity index (χ0) is 15.5. The highest BCUT2D eigenvalue weighted by Crippen LogP contribution is 2.12. The second-order valence-corrected chi connectivity index (χ2v) is 5.24. The molecule has 0 saturated carbocycles. The van der Waals surface area contributed by atoms with E-state index in [1.165, 1.54) is 6.42 Å². The second-order valence-electron chi connectivity index (χ2n) is 5.24. The molecule has 0 bridgehead atoms. The highest BCUT2D eigenvalue weighted by Gasteiger charge is 2.07. The predicted molar refractivity (Wildman–Crippen MR) is 87.5 cm³/mol. The first-order valence-electron chi connectivity index (χ1n) is 7.74. The van der Waals surface area contributed by atoms with E-state index in [4.69, 9.17) is 9.84 Å². The van der Waals surface area contributed by atoms with Crippen molar-refractivity contribution in [2.45, 2.75) is 27.2 Å². The molecule has 0 radical (unpaired) electrons. The van der Waals surface area contributed by atoms with Gasteiger partial charge in [0.2, 0.25) is 0 Å². The highest BCUT2D eigenvalue weighted by molar-refractivity contribution is 5.39. The van der Waals surface area contributed by atoms with Crippen molar-refractivity contribution < 1.29 is 9.84 Å². The smallest absolute Gasteiger partial charge is 0.120 e. The summed E-state index contributed by atoms with van der Waals surface area (Å²) in [7, 11) is 0. The van der Waals surface area contributed by atoms with E-state index in [-0.39, 0.29) is 6.61 Å². The van der Waals surface area contributed by atoms with Crippen LogP contribution in [0.3, 0.4) is 0 Å². The molecule has 0 spiro atoms. The molecule has 0 aliphatic rings. The summed E-state index contributed by atoms with van der Waals surface area (Å²) in [6, 6.07) is 7.69. The summed E-state index contributed by atoms with van der Waals surface area (Å²) in [5.74, 6) is 7.09. The maximum Gasteiger partial charge on any atom is 0.120 e. The Balaban J connectivity index is 2.44. The molecule has 0 aromatic heterocycles. The van der Waals surface area contributed by atoms with Crippen LogP contribution in [0.5, 0.6) is 5.75 Å². The lowest BCUT2D eigenvalue weighted by atomic mass is 10.1. The lowest BCUT2D eigenvalue weighted by Crippen LogP contribution is -2.32. The SMILES string of the molecule is CCC(C)CN(CC)CCOc1cccc(C#CCO)c1. The van der Waals surface area contributed by atoms with Crippen molar-refractivity contribution in [2.75, 3.05) is 32.8 Å². The van der Waals surface area contributed by atoms with Crippen LogP contribution in [0.25, 0.3) is 0 Å². The van der Waals surface area contributed by atoms with Crippen LogP contribution >= 0.6 is 0 Å². The molecule has 0 heterocycles. The molecule has 0 amide bonds. The molecule has 1 N–H and O–H groups in total. The zero-order valence-electron chi connectivity index (χ0n) is 13.4. The van der Waals surface area contributed by atoms with Crippen LogP contribution < -0.4 is 4.74 Å². The van der Waals surface area contributed by atoms with E-state index < -0.39 is 0 Å². The largest absolute Gasteiger partial charge is 0.492 e. The van der Waals surface area contributed by atoms with Crippen molar-refractivity contribution in [1.82, 2.24) is 4.90 Å². The zero-order valence-corrected chi connectivity index (χ0v) is 13.4. The molecule has 1 rings (SSSR count). The number of nitrogens with zero attached hydrogens (tertiary/aromatic N) is 1. The first kappa shape index (κ1) is 17.6. The lowest BCUT2D eigenvalue weighted by molar-refractivity contribution is 0.194. The Kier molecular flexibility index (Phi) is 8.57. The number of hydrogen-bond donors (Lipinski definition) is 1. The quantitative estimate of drug-likeness (QED) is 0.747. The Bertz CT molecular complexity index is 462. The minimum atomic E-state index is -0.119. The van der Waals surface area contributed by atoms with Crippen molar-refractivity contribution in [3.8, 4) is 17.6 Å². The molecule has 1 aromatic carbocycles. The van der Waals surface area contributed by atoms with Crippen molar-refractivity contribution in [3.05, 3.63) is 29.8 Å². The summed E-state index contributed by atoms with van der Waals surface area (Å²) in [6.07, 6.45) is 1.21. The molecule has 0 saturated heterocycles. The van der Waals surface area contributed by atoms with Gasteiger partial charge in [-0.25, -0.2) is 0 Å². The van der Waals surface area contributed by atoms with Gasteiger partial charge < -0.3 is 9.84 Å². The lowest BCUT2D eigenvalue weighted by Gasteiger charge is -2.23. The molecular weight excluding hydrogens is 262 g/mol. The molecule has 116 valence electrons. The van der Waals surface area contributed by atoms with Crippen molar-refractivity contribution in [2.24, 2.45) is 5.92 Å². The van der Waals surface area contributed by atoms with E-state index in [0.29, 0.717) is 6.61 Å². The number of hydrogen-bond acceptors (Lipinski definition) is 3. The second kappa shape index (κ2) is 10.3. The van der Waals surface area contributed by atoms with E-state index in [1.807, 2.05) is 24.3 Å². The van der Waals surface area contributed by atoms with Gasteiger partial charge in [-0.3, -0.25) is 4.90 Å². The molecule has 3 nitrogen and oxygen atoms in total. The molecule has 1 aromatic rings. The van der Waals surface area contributed by atoms with Crippen molar-refractivity contribution in [1.29, 1.82) is 0 Å². The van der Waals surface area contributed by atoms with Crippen molar-refractivity contribution in [3.63, 3.8) is 0 Å². The van der Waals surface area contributed by atoms with Crippen LogP contribution in [-0.2, 0) is 0 Å². The molecule has 21 heavy (non-hydrogen) atoms. The maximum absolute atomic E-state index is 8.71. The number of likely N-dealkylation sites (N-methyl/N-ethyl adjacent to an activating group) is 1. The summed E-state index contributed by atoms with van der Waals surface area (Å²) < 4.78 is 5.80. The predicted octanol–water partition coefficient (Wildman–Crippen LogP) is 2.78. The Hall–Kier alpha value is -1.50. The Labute approximate surface area is 128 Å². The van der Waals surface area contributed by atoms with E-state index in [0.717, 1.165) is 36.9 Å². The number of aliphatic hydroxyl groups excluding tert-OH is 1. The van der Waals surface area contributed by atoms with Crippen LogP contribution in [-0.4, -0.2) is 42.9 Å². The Morgan fingerprint density at radius 2 is 2.14 bits per heavy atom. The molecule has 1 atom stereocenters. The van der Waals surface area contributed by atoms with Gasteiger partial charge in [0, 0.05) is 18.7 Å². The van der Waals surface area contributed by atoms with E-state index in [2.05, 4.69) is 37.5 Å². The molecule has 0 aliphatic carbocycles. The summed E-state index contributed by atoms with van der Waals surface area (Å²) in [6.45, 7) is 10.4. The van der Waals surface area contributed by atoms with Crippen molar-refractivity contribution >= 4 is 0 Å². The van der Waals surface area contributed by atoms with Gasteiger partial charge in [0.15, 0.2) is 0 Å². The average Bonchev–Trinajstić information content (AvgIpc) is 2.52. The molecule has 1 unspecified atom stereocenters. The van der Waals surface area contributed by atoms with Crippen LogP contribution in [0.4, 0.5) is 0 Å². The molecule has 0 fully saturated rings. The van der Waals surface area contributed by atoms with Gasteiger partial charge in [-0.1, -0.05) is 45.1 Å². The topological polar surface area (TPSA) is 32.7 Å². The third kappa shape index (κ3) is 7.17. The van der Waals surface area contributed by atoms with Gasteiger partial charge >= 0.3 is 0 Å². The third-order valence-corrected chi connectivity index (χ3v) is 3.54. The monoisotopic (exact) mass is 289 g/mol.